The summed E-state index contributed by atoms with van der Waals surface area (Å²) in [5, 5.41) is 34.7. The summed E-state index contributed by atoms with van der Waals surface area (Å²) in [5.74, 6) is -15.3. The maximum atomic E-state index is 15.4. The maximum absolute atomic E-state index is 15.4. The SMILES string of the molecule is COc1ccc(C[C@@H]2NC(=O)[C@H](Cc3cnc[nH]3)NC(=O)[C@H](CC(=O)O)CC(=O)[C@H](Cc3c[nH]c4ccc(F)cc34)NC(=O)[C@H](Cc3c[nH]c4ccc(F)cc34)NC(=O)[C@@H](C)NC(=O)[C@H](CCCCN)NC(=O)[C@@H](NC(C)=O)CC(=O)NCc3ccc(cc3)C[C@@H](C(N)=O)NC(=O)[C@]3(C)CCCN3C2=O)cc1. The first-order valence-corrected chi connectivity index (χ1v) is 35.0. The molecule has 3 aliphatic rings. The Morgan fingerprint density at radius 3 is 1.85 bits per heavy atom. The van der Waals surface area contributed by atoms with E-state index in [0.29, 0.717) is 39.9 Å². The van der Waals surface area contributed by atoms with Gasteiger partial charge in [-0.2, -0.15) is 0 Å². The number of ketones is 1. The molecule has 17 N–H and O–H groups in total. The van der Waals surface area contributed by atoms with Crippen LogP contribution in [0.25, 0.3) is 21.8 Å². The zero-order valence-corrected chi connectivity index (χ0v) is 59.4. The summed E-state index contributed by atoms with van der Waals surface area (Å²) in [4.78, 5) is 200. The lowest BCUT2D eigenvalue weighted by Crippen LogP contribution is -2.63. The number of nitrogens with zero attached hydrogens (tertiary/aromatic N) is 2. The third-order valence-corrected chi connectivity index (χ3v) is 19.1. The summed E-state index contributed by atoms with van der Waals surface area (Å²) in [5.41, 5.74) is 13.2. The first-order chi connectivity index (χ1) is 51.1. The largest absolute Gasteiger partial charge is 0.497 e. The number of imidazole rings is 1. The zero-order valence-electron chi connectivity index (χ0n) is 59.4. The lowest BCUT2D eigenvalue weighted by Gasteiger charge is -2.37. The number of amides is 11. The van der Waals surface area contributed by atoms with Crippen LogP contribution in [-0.2, 0) is 101 Å². The van der Waals surface area contributed by atoms with Gasteiger partial charge >= 0.3 is 5.97 Å². The van der Waals surface area contributed by atoms with Crippen molar-refractivity contribution in [2.75, 3.05) is 20.2 Å². The summed E-state index contributed by atoms with van der Waals surface area (Å²) in [6, 6.07) is 8.12. The first kappa shape index (κ1) is 79.2. The number of H-pyrrole nitrogens is 3. The topological polar surface area (TPSA) is 475 Å². The number of nitrogens with one attached hydrogen (secondary N) is 12. The van der Waals surface area contributed by atoms with E-state index in [4.69, 9.17) is 16.2 Å². The van der Waals surface area contributed by atoms with Crippen molar-refractivity contribution in [3.8, 4) is 5.75 Å². The van der Waals surface area contributed by atoms with Crippen molar-refractivity contribution < 1.29 is 81.0 Å². The maximum Gasteiger partial charge on any atom is 0.304 e. The smallest absolute Gasteiger partial charge is 0.304 e. The number of fused-ring (bicyclic) bond motifs is 33. The number of methoxy groups -OCH3 is 1. The number of rotatable bonds is 17. The summed E-state index contributed by atoms with van der Waals surface area (Å²) in [6.07, 6.45) is 2.24. The second-order valence-corrected chi connectivity index (χ2v) is 27.1. The number of carbonyl (C=O) groups excluding carboxylic acids is 12. The number of primary amides is 1. The van der Waals surface area contributed by atoms with Gasteiger partial charge in [-0.15, -0.1) is 0 Å². The van der Waals surface area contributed by atoms with Gasteiger partial charge in [0.1, 0.15) is 65.2 Å². The van der Waals surface area contributed by atoms with Crippen molar-refractivity contribution in [3.05, 3.63) is 155 Å². The van der Waals surface area contributed by atoms with Crippen LogP contribution in [0.5, 0.6) is 5.75 Å². The van der Waals surface area contributed by atoms with Gasteiger partial charge in [0.25, 0.3) is 0 Å². The van der Waals surface area contributed by atoms with E-state index in [1.165, 1.54) is 81.1 Å². The highest BCUT2D eigenvalue weighted by Gasteiger charge is 2.49. The van der Waals surface area contributed by atoms with E-state index < -0.39 is 180 Å². The van der Waals surface area contributed by atoms with Gasteiger partial charge in [0, 0.05) is 105 Å². The summed E-state index contributed by atoms with van der Waals surface area (Å²) in [6.45, 7) is 3.95. The average Bonchev–Trinajstić information content (AvgIpc) is 1.68. The van der Waals surface area contributed by atoms with E-state index in [1.807, 2.05) is 0 Å². The Morgan fingerprint density at radius 2 is 1.25 bits per heavy atom. The van der Waals surface area contributed by atoms with Gasteiger partial charge < -0.3 is 89.0 Å². The quantitative estimate of drug-likeness (QED) is 0.0449. The summed E-state index contributed by atoms with van der Waals surface area (Å²) < 4.78 is 35.4. The minimum atomic E-state index is -1.83. The van der Waals surface area contributed by atoms with E-state index in [-0.39, 0.29) is 92.2 Å². The average molecular weight is 1480 g/mol. The van der Waals surface area contributed by atoms with Gasteiger partial charge in [0.05, 0.1) is 38.2 Å². The number of hydrogen-bond acceptors (Lipinski definition) is 16. The number of unbranched alkanes of at least 4 members (excludes halogenated alkanes) is 1. The van der Waals surface area contributed by atoms with Crippen LogP contribution in [0.1, 0.15) is 106 Å². The van der Waals surface area contributed by atoms with Gasteiger partial charge in [0.2, 0.25) is 65.0 Å². The molecule has 1 fully saturated rings. The Kier molecular flexibility index (Phi) is 26.8. The molecule has 33 heteroatoms. The van der Waals surface area contributed by atoms with Crippen LogP contribution in [0.15, 0.2) is 110 Å². The second kappa shape index (κ2) is 36.2. The van der Waals surface area contributed by atoms with Crippen LogP contribution in [0.2, 0.25) is 0 Å². The number of aliphatic carboxylic acids is 1. The van der Waals surface area contributed by atoms with Crippen molar-refractivity contribution in [3.63, 3.8) is 0 Å². The number of ether oxygens (including phenoxy) is 1. The Bertz CT molecular complexity index is 4430. The Morgan fingerprint density at radius 1 is 0.664 bits per heavy atom. The van der Waals surface area contributed by atoms with E-state index in [2.05, 4.69) is 67.8 Å². The molecule has 4 aromatic carbocycles. The van der Waals surface area contributed by atoms with E-state index in [9.17, 15) is 52.6 Å². The van der Waals surface area contributed by atoms with Crippen LogP contribution in [0.4, 0.5) is 8.78 Å². The van der Waals surface area contributed by atoms with E-state index >= 15 is 23.6 Å². The van der Waals surface area contributed by atoms with Crippen LogP contribution >= 0.6 is 0 Å². The standard InChI is InChI=1S/C74H88F2N16O15/c1-39-66(99)88-58(27-46-36-81-54-20-16-48(76)31-52(46)54)69(102)87-56(26-45-35-80-53-19-15-47(75)30-51(45)53)62(94)28-44(29-64(96)97)67(100)89-59(32-49-37-79-38-83-49)70(103)90-61(25-42-13-17-50(107-4)18-14-42)72(105)92-23-7-21-74(92,3)73(106)91-57(65(78)98)24-41-9-11-43(12-10-41)34-82-63(95)33-60(85-40(2)93)71(104)86-55(68(101)84-39)8-5-6-22-77/h9-20,30-31,35-39,44,55-61,80-81H,5-8,21-29,32-34,77H2,1-4H3,(H2,78,98)(H,79,83)(H,82,95)(H,84,101)(H,85,93)(H,86,104)(H,87,102)(H,88,99)(H,89,100)(H,90,103)(H,91,106)(H,96,97)/t39-,44+,55+,56+,57+,58+,59+,60+,61+,74+/m1/s1. The van der Waals surface area contributed by atoms with Gasteiger partial charge in [-0.1, -0.05) is 36.4 Å². The summed E-state index contributed by atoms with van der Waals surface area (Å²) in [7, 11) is 1.45. The fourth-order valence-electron chi connectivity index (χ4n) is 13.2. The molecule has 3 aromatic heterocycles. The molecule has 10 atom stereocenters. The van der Waals surface area contributed by atoms with Gasteiger partial charge in [0.15, 0.2) is 5.78 Å². The predicted molar refractivity (Wildman–Crippen MR) is 383 cm³/mol. The van der Waals surface area contributed by atoms with Crippen LogP contribution in [-0.4, -0.2) is 181 Å². The zero-order chi connectivity index (χ0) is 77.2. The van der Waals surface area contributed by atoms with Crippen molar-refractivity contribution in [2.45, 2.75) is 165 Å². The highest BCUT2D eigenvalue weighted by atomic mass is 19.1. The number of Topliss-reactive ketones (excluding diaryl/α,β-unsaturated/α-hetero) is 1. The normalized spacial score (nSPS) is 23.3. The highest BCUT2D eigenvalue weighted by Crippen LogP contribution is 2.32. The van der Waals surface area contributed by atoms with Gasteiger partial charge in [-0.3, -0.25) is 62.3 Å². The number of hydrogen-bond donors (Lipinski definition) is 15. The number of benzene rings is 4. The number of carboxylic acid groups (broad SMARTS) is 1. The first-order valence-electron chi connectivity index (χ1n) is 35.0. The highest BCUT2D eigenvalue weighted by molar-refractivity contribution is 6.01. The van der Waals surface area contributed by atoms with Gasteiger partial charge in [-0.25, -0.2) is 13.8 Å². The minimum Gasteiger partial charge on any atom is -0.497 e. The molecule has 2 bridgehead atoms. The number of nitrogens with two attached hydrogens (primary N) is 2. The lowest BCUT2D eigenvalue weighted by atomic mass is 9.91. The molecule has 10 rings (SSSR count). The molecule has 0 unspecified atom stereocenters. The molecular formula is C74H88F2N16O15. The summed E-state index contributed by atoms with van der Waals surface area (Å²) >= 11 is 0. The minimum absolute atomic E-state index is 0.00961. The van der Waals surface area contributed by atoms with E-state index in [1.54, 1.807) is 48.5 Å². The molecule has 107 heavy (non-hydrogen) atoms. The van der Waals surface area contributed by atoms with Crippen LogP contribution < -0.4 is 64.1 Å². The molecule has 7 aromatic rings. The molecule has 0 saturated carbocycles. The van der Waals surface area contributed by atoms with E-state index in [0.717, 1.165) is 13.0 Å². The van der Waals surface area contributed by atoms with Gasteiger partial charge in [-0.05, 0) is 129 Å². The van der Waals surface area contributed by atoms with Crippen molar-refractivity contribution in [1.82, 2.24) is 72.7 Å². The fraction of sp³-hybridized carbons (Fsp3) is 0.405. The third kappa shape index (κ3) is 21.2. The number of aromatic nitrogens is 4. The molecule has 11 amide bonds. The lowest BCUT2D eigenvalue weighted by molar-refractivity contribution is -0.147. The number of carboxylic acids is 1. The van der Waals surface area contributed by atoms with Crippen LogP contribution in [0.3, 0.4) is 0 Å². The number of halogens is 2. The molecular weight excluding hydrogens is 1390 g/mol. The third-order valence-electron chi connectivity index (χ3n) is 19.1. The molecule has 31 nitrogen and oxygen atoms in total. The predicted octanol–water partition coefficient (Wildman–Crippen LogP) is 1.16. The van der Waals surface area contributed by atoms with Crippen molar-refractivity contribution >= 4 is 98.5 Å². The second-order valence-electron chi connectivity index (χ2n) is 27.1. The Hall–Kier alpha value is -11.9. The number of aromatic amines is 3. The van der Waals surface area contributed by atoms with Crippen LogP contribution in [0, 0.1) is 17.6 Å². The molecule has 0 spiro atoms. The van der Waals surface area contributed by atoms with Crippen molar-refractivity contribution in [1.29, 1.82) is 0 Å². The number of carbonyl (C=O) groups is 13. The molecule has 568 valence electrons. The Balaban J connectivity index is 1.10. The van der Waals surface area contributed by atoms with Crippen molar-refractivity contribution in [2.24, 2.45) is 17.4 Å². The fourth-order valence-corrected chi connectivity index (χ4v) is 13.2. The molecule has 0 radical (unpaired) electrons. The monoisotopic (exact) mass is 1480 g/mol. The molecule has 3 aliphatic heterocycles. The molecule has 6 heterocycles. The molecule has 1 saturated heterocycles. The molecule has 0 aliphatic carbocycles. The Labute approximate surface area is 612 Å².